The van der Waals surface area contributed by atoms with Gasteiger partial charge in [-0.05, 0) is 32.9 Å². The van der Waals surface area contributed by atoms with Crippen LogP contribution in [0.15, 0.2) is 29.5 Å². The number of rotatable bonds is 5. The first-order valence-electron chi connectivity index (χ1n) is 7.98. The molecule has 0 fully saturated rings. The summed E-state index contributed by atoms with van der Waals surface area (Å²) >= 11 is 0. The Kier molecular flexibility index (Phi) is 5.56. The summed E-state index contributed by atoms with van der Waals surface area (Å²) in [5, 5.41) is 2.84. The molecular formula is C18H24N2O5. The first kappa shape index (κ1) is 18.6. The molecule has 0 saturated carbocycles. The summed E-state index contributed by atoms with van der Waals surface area (Å²) in [4.78, 5) is 26.3. The Balaban J connectivity index is 2.57. The molecule has 0 aromatic heterocycles. The van der Waals surface area contributed by atoms with Crippen LogP contribution in [-0.4, -0.2) is 44.3 Å². The first-order valence-corrected chi connectivity index (χ1v) is 7.98. The SMILES string of the molecule is COc1ccc([C@H]2NC(=O)N(C)C(C)=C2C(=O)OC(C)C)c(OC)c1. The van der Waals surface area contributed by atoms with Crippen LogP contribution >= 0.6 is 0 Å². The normalized spacial score (nSPS) is 17.5. The zero-order valence-electron chi connectivity index (χ0n) is 15.4. The summed E-state index contributed by atoms with van der Waals surface area (Å²) < 4.78 is 16.0. The largest absolute Gasteiger partial charge is 0.497 e. The summed E-state index contributed by atoms with van der Waals surface area (Å²) in [6.07, 6.45) is -0.269. The minimum Gasteiger partial charge on any atom is -0.497 e. The fraction of sp³-hybridized carbons (Fsp3) is 0.444. The Morgan fingerprint density at radius 1 is 1.24 bits per heavy atom. The van der Waals surface area contributed by atoms with Crippen molar-refractivity contribution in [3.63, 3.8) is 0 Å². The number of nitrogens with zero attached hydrogens (tertiary/aromatic N) is 1. The molecule has 25 heavy (non-hydrogen) atoms. The number of ether oxygens (including phenoxy) is 3. The van der Waals surface area contributed by atoms with Crippen molar-refractivity contribution < 1.29 is 23.8 Å². The van der Waals surface area contributed by atoms with E-state index < -0.39 is 12.0 Å². The van der Waals surface area contributed by atoms with E-state index in [-0.39, 0.29) is 12.1 Å². The van der Waals surface area contributed by atoms with Crippen LogP contribution in [0.2, 0.25) is 0 Å². The van der Waals surface area contributed by atoms with Gasteiger partial charge in [0.1, 0.15) is 11.5 Å². The van der Waals surface area contributed by atoms with Gasteiger partial charge in [-0.3, -0.25) is 0 Å². The molecule has 1 heterocycles. The third kappa shape index (κ3) is 3.70. The van der Waals surface area contributed by atoms with Crippen LogP contribution in [0.1, 0.15) is 32.4 Å². The van der Waals surface area contributed by atoms with Gasteiger partial charge in [0.15, 0.2) is 0 Å². The Morgan fingerprint density at radius 2 is 1.92 bits per heavy atom. The quantitative estimate of drug-likeness (QED) is 0.828. The molecule has 0 radical (unpaired) electrons. The van der Waals surface area contributed by atoms with Gasteiger partial charge in [-0.2, -0.15) is 0 Å². The topological polar surface area (TPSA) is 77.1 Å². The maximum atomic E-state index is 12.7. The van der Waals surface area contributed by atoms with Crippen LogP contribution < -0.4 is 14.8 Å². The van der Waals surface area contributed by atoms with E-state index in [9.17, 15) is 9.59 Å². The third-order valence-corrected chi connectivity index (χ3v) is 4.07. The summed E-state index contributed by atoms with van der Waals surface area (Å²) in [6, 6.07) is 4.25. The molecule has 0 bridgehead atoms. The minimum atomic E-state index is -0.671. The molecule has 0 unspecified atom stereocenters. The summed E-state index contributed by atoms with van der Waals surface area (Å²) in [5.41, 5.74) is 1.57. The lowest BCUT2D eigenvalue weighted by atomic mass is 9.94. The number of amides is 2. The predicted molar refractivity (Wildman–Crippen MR) is 92.5 cm³/mol. The fourth-order valence-corrected chi connectivity index (χ4v) is 2.67. The highest BCUT2D eigenvalue weighted by atomic mass is 16.5. The van der Waals surface area contributed by atoms with Gasteiger partial charge < -0.3 is 24.4 Å². The monoisotopic (exact) mass is 348 g/mol. The number of hydrogen-bond acceptors (Lipinski definition) is 5. The zero-order valence-corrected chi connectivity index (χ0v) is 15.4. The molecular weight excluding hydrogens is 324 g/mol. The number of benzene rings is 1. The average molecular weight is 348 g/mol. The molecule has 2 rings (SSSR count). The number of nitrogens with one attached hydrogen (secondary N) is 1. The van der Waals surface area contributed by atoms with E-state index in [0.29, 0.717) is 28.3 Å². The van der Waals surface area contributed by atoms with Gasteiger partial charge in [0.25, 0.3) is 0 Å². The average Bonchev–Trinajstić information content (AvgIpc) is 2.57. The van der Waals surface area contributed by atoms with Crippen LogP contribution in [-0.2, 0) is 9.53 Å². The molecule has 1 aromatic rings. The molecule has 1 aliphatic heterocycles. The van der Waals surface area contributed by atoms with Crippen molar-refractivity contribution >= 4 is 12.0 Å². The lowest BCUT2D eigenvalue weighted by Crippen LogP contribution is -2.46. The summed E-state index contributed by atoms with van der Waals surface area (Å²) in [7, 11) is 4.69. The Bertz CT molecular complexity index is 711. The van der Waals surface area contributed by atoms with E-state index in [1.807, 2.05) is 0 Å². The number of esters is 1. The molecule has 7 heteroatoms. The first-order chi connectivity index (χ1) is 11.8. The lowest BCUT2D eigenvalue weighted by Gasteiger charge is -2.34. The number of carbonyl (C=O) groups excluding carboxylic acids is 2. The van der Waals surface area contributed by atoms with Crippen molar-refractivity contribution in [3.05, 3.63) is 35.0 Å². The summed E-state index contributed by atoms with van der Waals surface area (Å²) in [6.45, 7) is 5.28. The molecule has 0 aliphatic carbocycles. The van der Waals surface area contributed by atoms with Crippen LogP contribution in [0.3, 0.4) is 0 Å². The summed E-state index contributed by atoms with van der Waals surface area (Å²) in [5.74, 6) is 0.658. The van der Waals surface area contributed by atoms with E-state index in [2.05, 4.69) is 5.32 Å². The molecule has 7 nitrogen and oxygen atoms in total. The van der Waals surface area contributed by atoms with E-state index in [1.54, 1.807) is 53.1 Å². The van der Waals surface area contributed by atoms with Gasteiger partial charge in [-0.1, -0.05) is 0 Å². The second-order valence-electron chi connectivity index (χ2n) is 6.00. The molecule has 2 amide bonds. The molecule has 0 spiro atoms. The Morgan fingerprint density at radius 3 is 2.48 bits per heavy atom. The van der Waals surface area contributed by atoms with E-state index in [0.717, 1.165) is 0 Å². The van der Waals surface area contributed by atoms with Crippen LogP contribution in [0.5, 0.6) is 11.5 Å². The highest BCUT2D eigenvalue weighted by Gasteiger charge is 2.36. The highest BCUT2D eigenvalue weighted by molar-refractivity contribution is 5.95. The van der Waals surface area contributed by atoms with Crippen molar-refractivity contribution in [3.8, 4) is 11.5 Å². The molecule has 1 N–H and O–H groups in total. The predicted octanol–water partition coefficient (Wildman–Crippen LogP) is 2.63. The second-order valence-corrected chi connectivity index (χ2v) is 6.00. The number of hydrogen-bond donors (Lipinski definition) is 1. The lowest BCUT2D eigenvalue weighted by molar-refractivity contribution is -0.143. The maximum Gasteiger partial charge on any atom is 0.338 e. The maximum absolute atomic E-state index is 12.7. The highest BCUT2D eigenvalue weighted by Crippen LogP contribution is 2.37. The number of carbonyl (C=O) groups is 2. The molecule has 1 aliphatic rings. The van der Waals surface area contributed by atoms with Crippen LogP contribution in [0.25, 0.3) is 0 Å². The van der Waals surface area contributed by atoms with Crippen molar-refractivity contribution in [1.82, 2.24) is 10.2 Å². The molecule has 1 atom stereocenters. The van der Waals surface area contributed by atoms with Gasteiger partial charge in [-0.25, -0.2) is 9.59 Å². The van der Waals surface area contributed by atoms with E-state index in [1.165, 1.54) is 12.0 Å². The molecule has 0 saturated heterocycles. The number of allylic oxidation sites excluding steroid dienone is 1. The van der Waals surface area contributed by atoms with Gasteiger partial charge in [0.2, 0.25) is 0 Å². The van der Waals surface area contributed by atoms with Crippen molar-refractivity contribution in [2.45, 2.75) is 32.9 Å². The zero-order chi connectivity index (χ0) is 18.7. The van der Waals surface area contributed by atoms with Gasteiger partial charge in [0, 0.05) is 24.4 Å². The number of urea groups is 1. The van der Waals surface area contributed by atoms with Crippen molar-refractivity contribution in [1.29, 1.82) is 0 Å². The van der Waals surface area contributed by atoms with Crippen molar-refractivity contribution in [2.24, 2.45) is 0 Å². The Hall–Kier alpha value is -2.70. The van der Waals surface area contributed by atoms with E-state index in [4.69, 9.17) is 14.2 Å². The van der Waals surface area contributed by atoms with Gasteiger partial charge >= 0.3 is 12.0 Å². The third-order valence-electron chi connectivity index (χ3n) is 4.07. The van der Waals surface area contributed by atoms with Gasteiger partial charge in [0.05, 0.1) is 31.9 Å². The Labute approximate surface area is 147 Å². The smallest absolute Gasteiger partial charge is 0.338 e. The molecule has 136 valence electrons. The van der Waals surface area contributed by atoms with Crippen LogP contribution in [0.4, 0.5) is 4.79 Å². The fourth-order valence-electron chi connectivity index (χ4n) is 2.67. The van der Waals surface area contributed by atoms with Crippen LogP contribution in [0, 0.1) is 0 Å². The van der Waals surface area contributed by atoms with E-state index >= 15 is 0 Å². The minimum absolute atomic E-state index is 0.269. The van der Waals surface area contributed by atoms with Gasteiger partial charge in [-0.15, -0.1) is 0 Å². The van der Waals surface area contributed by atoms with Crippen molar-refractivity contribution in [2.75, 3.05) is 21.3 Å². The standard InChI is InChI=1S/C18H24N2O5/c1-10(2)25-17(21)15-11(3)20(4)18(22)19-16(15)13-8-7-12(23-5)9-14(13)24-6/h7-10,16H,1-6H3,(H,19,22)/t16-/m1/s1. The number of methoxy groups -OCH3 is 2. The molecule has 1 aromatic carbocycles. The second kappa shape index (κ2) is 7.46.